The molecule has 3 rings (SSSR count). The molecule has 1 aromatic heterocycles. The van der Waals surface area contributed by atoms with Crippen molar-refractivity contribution in [1.82, 2.24) is 15.6 Å². The Morgan fingerprint density at radius 2 is 1.73 bits per heavy atom. The summed E-state index contributed by atoms with van der Waals surface area (Å²) in [6.45, 7) is 8.62. The second-order valence-electron chi connectivity index (χ2n) is 9.38. The van der Waals surface area contributed by atoms with Crippen LogP contribution in [0, 0.1) is 11.7 Å². The van der Waals surface area contributed by atoms with Crippen LogP contribution in [0.2, 0.25) is 0 Å². The Balaban J connectivity index is 1.47. The van der Waals surface area contributed by atoms with E-state index in [0.717, 1.165) is 34.9 Å². The normalized spacial score (nSPS) is 12.4. The van der Waals surface area contributed by atoms with Crippen molar-refractivity contribution in [2.45, 2.75) is 46.1 Å². The second-order valence-corrected chi connectivity index (χ2v) is 9.38. The molecule has 0 aliphatic carbocycles. The lowest BCUT2D eigenvalue weighted by Gasteiger charge is -2.20. The fourth-order valence-corrected chi connectivity index (χ4v) is 3.50. The first-order chi connectivity index (χ1) is 15.6. The highest BCUT2D eigenvalue weighted by molar-refractivity contribution is 5.98. The minimum absolute atomic E-state index is 0.159. The smallest absolute Gasteiger partial charge is 0.407 e. The molecule has 0 radical (unpaired) electrons. The Hall–Kier alpha value is -3.35. The number of carbonyl (C=O) groups is 2. The minimum atomic E-state index is -0.507. The number of ether oxygens (including phenoxy) is 1. The van der Waals surface area contributed by atoms with Gasteiger partial charge in [-0.1, -0.05) is 25.1 Å². The fraction of sp³-hybridized carbons (Fsp3) is 0.385. The summed E-state index contributed by atoms with van der Waals surface area (Å²) in [5, 5.41) is 6.64. The molecule has 2 aromatic carbocycles. The Kier molecular flexibility index (Phi) is 7.74. The minimum Gasteiger partial charge on any atom is -0.444 e. The predicted molar refractivity (Wildman–Crippen MR) is 129 cm³/mol. The lowest BCUT2D eigenvalue weighted by Crippen LogP contribution is -2.33. The van der Waals surface area contributed by atoms with Crippen LogP contribution in [-0.2, 0) is 4.74 Å². The first kappa shape index (κ1) is 24.3. The number of aromatic nitrogens is 1. The largest absolute Gasteiger partial charge is 0.444 e. The van der Waals surface area contributed by atoms with Gasteiger partial charge in [0.2, 0.25) is 0 Å². The molecule has 1 heterocycles. The van der Waals surface area contributed by atoms with E-state index in [9.17, 15) is 14.0 Å². The number of halogens is 1. The first-order valence-corrected chi connectivity index (χ1v) is 11.2. The molecule has 0 unspecified atom stereocenters. The van der Waals surface area contributed by atoms with E-state index in [1.54, 1.807) is 12.1 Å². The Bertz CT molecular complexity index is 1100. The molecule has 3 aromatic rings. The molecule has 7 heteroatoms. The highest BCUT2D eigenvalue weighted by Gasteiger charge is 2.16. The summed E-state index contributed by atoms with van der Waals surface area (Å²) >= 11 is 0. The number of hydrogen-bond acceptors (Lipinski definition) is 3. The van der Waals surface area contributed by atoms with Gasteiger partial charge in [-0.25, -0.2) is 9.18 Å². The number of carbonyl (C=O) groups excluding carboxylic acids is 2. The van der Waals surface area contributed by atoms with Crippen LogP contribution in [0.15, 0.2) is 48.5 Å². The second kappa shape index (κ2) is 10.5. The SMILES string of the molecule is C[C@H](CCCNC(=O)OC(C)(C)C)CNC(=O)c1cc2cc(-c3ccc(F)cc3)ccc2[nH]1. The highest BCUT2D eigenvalue weighted by atomic mass is 19.1. The first-order valence-electron chi connectivity index (χ1n) is 11.2. The van der Waals surface area contributed by atoms with Gasteiger partial charge < -0.3 is 20.4 Å². The predicted octanol–water partition coefficient (Wildman–Crippen LogP) is 5.64. The van der Waals surface area contributed by atoms with Crippen LogP contribution in [0.5, 0.6) is 0 Å². The molecule has 0 aliphatic heterocycles. The maximum atomic E-state index is 13.2. The molecule has 33 heavy (non-hydrogen) atoms. The number of aromatic amines is 1. The van der Waals surface area contributed by atoms with Crippen molar-refractivity contribution >= 4 is 22.9 Å². The molecular weight excluding hydrogens is 421 g/mol. The van der Waals surface area contributed by atoms with Crippen LogP contribution in [0.3, 0.4) is 0 Å². The van der Waals surface area contributed by atoms with Crippen LogP contribution in [-0.4, -0.2) is 35.7 Å². The zero-order chi connectivity index (χ0) is 24.0. The Morgan fingerprint density at radius 1 is 1.03 bits per heavy atom. The molecular formula is C26H32FN3O3. The number of alkyl carbamates (subject to hydrolysis) is 1. The van der Waals surface area contributed by atoms with Crippen molar-refractivity contribution in [3.63, 3.8) is 0 Å². The third-order valence-electron chi connectivity index (χ3n) is 5.20. The van der Waals surface area contributed by atoms with Gasteiger partial charge in [0.25, 0.3) is 5.91 Å². The molecule has 0 fully saturated rings. The van der Waals surface area contributed by atoms with Gasteiger partial charge in [-0.15, -0.1) is 0 Å². The number of benzene rings is 2. The van der Waals surface area contributed by atoms with Crippen molar-refractivity contribution in [3.05, 3.63) is 60.0 Å². The topological polar surface area (TPSA) is 83.2 Å². The zero-order valence-electron chi connectivity index (χ0n) is 19.6. The highest BCUT2D eigenvalue weighted by Crippen LogP contribution is 2.25. The van der Waals surface area contributed by atoms with Gasteiger partial charge >= 0.3 is 6.09 Å². The molecule has 1 atom stereocenters. The number of nitrogens with one attached hydrogen (secondary N) is 3. The van der Waals surface area contributed by atoms with Gasteiger partial charge in [-0.05, 0) is 81.0 Å². The van der Waals surface area contributed by atoms with Crippen molar-refractivity contribution in [2.75, 3.05) is 13.1 Å². The summed E-state index contributed by atoms with van der Waals surface area (Å²) in [7, 11) is 0. The lowest BCUT2D eigenvalue weighted by atomic mass is 10.0. The van der Waals surface area contributed by atoms with Gasteiger partial charge in [-0.3, -0.25) is 4.79 Å². The quantitative estimate of drug-likeness (QED) is 0.386. The van der Waals surface area contributed by atoms with E-state index in [1.165, 1.54) is 12.1 Å². The molecule has 0 bridgehead atoms. The third kappa shape index (κ3) is 7.34. The van der Waals surface area contributed by atoms with Crippen molar-refractivity contribution in [3.8, 4) is 11.1 Å². The summed E-state index contributed by atoms with van der Waals surface area (Å²) in [6.07, 6.45) is 1.25. The standard InChI is InChI=1S/C26H32FN3O3/c1-17(6-5-13-28-25(32)33-26(2,3)4)16-29-24(31)23-15-20-14-19(9-12-22(20)30-23)18-7-10-21(27)11-8-18/h7-12,14-15,17,30H,5-6,13,16H2,1-4H3,(H,28,32)(H,29,31)/t17-/m1/s1. The molecule has 0 saturated carbocycles. The summed E-state index contributed by atoms with van der Waals surface area (Å²) in [4.78, 5) is 27.4. The number of hydrogen-bond donors (Lipinski definition) is 3. The maximum absolute atomic E-state index is 13.2. The zero-order valence-corrected chi connectivity index (χ0v) is 19.6. The summed E-state index contributed by atoms with van der Waals surface area (Å²) in [5.41, 5.74) is 2.74. The van der Waals surface area contributed by atoms with Gasteiger partial charge in [0.05, 0.1) is 0 Å². The number of amides is 2. The van der Waals surface area contributed by atoms with E-state index < -0.39 is 11.7 Å². The van der Waals surface area contributed by atoms with Crippen molar-refractivity contribution in [2.24, 2.45) is 5.92 Å². The average Bonchev–Trinajstić information content (AvgIpc) is 3.18. The van der Waals surface area contributed by atoms with Crippen molar-refractivity contribution < 1.29 is 18.7 Å². The molecule has 6 nitrogen and oxygen atoms in total. The number of H-pyrrole nitrogens is 1. The van der Waals surface area contributed by atoms with E-state index in [0.29, 0.717) is 18.8 Å². The van der Waals surface area contributed by atoms with E-state index in [-0.39, 0.29) is 17.6 Å². The Morgan fingerprint density at radius 3 is 2.42 bits per heavy atom. The van der Waals surface area contributed by atoms with E-state index in [4.69, 9.17) is 4.74 Å². The van der Waals surface area contributed by atoms with E-state index >= 15 is 0 Å². The van der Waals surface area contributed by atoms with Gasteiger partial charge in [0, 0.05) is 24.0 Å². The maximum Gasteiger partial charge on any atom is 0.407 e. The number of fused-ring (bicyclic) bond motifs is 1. The van der Waals surface area contributed by atoms with Crippen LogP contribution in [0.4, 0.5) is 9.18 Å². The summed E-state index contributed by atoms with van der Waals surface area (Å²) in [5.74, 6) is -0.161. The van der Waals surface area contributed by atoms with E-state index in [1.807, 2.05) is 45.0 Å². The van der Waals surface area contributed by atoms with Crippen LogP contribution >= 0.6 is 0 Å². The monoisotopic (exact) mass is 453 g/mol. The number of rotatable bonds is 8. The van der Waals surface area contributed by atoms with Crippen LogP contribution in [0.25, 0.3) is 22.0 Å². The molecule has 176 valence electrons. The van der Waals surface area contributed by atoms with Gasteiger partial charge in [0.15, 0.2) is 0 Å². The van der Waals surface area contributed by atoms with Gasteiger partial charge in [0.1, 0.15) is 17.1 Å². The summed E-state index contributed by atoms with van der Waals surface area (Å²) in [6, 6.07) is 14.0. The molecule has 0 saturated heterocycles. The van der Waals surface area contributed by atoms with Crippen LogP contribution in [0.1, 0.15) is 51.0 Å². The van der Waals surface area contributed by atoms with Crippen molar-refractivity contribution in [1.29, 1.82) is 0 Å². The average molecular weight is 454 g/mol. The lowest BCUT2D eigenvalue weighted by molar-refractivity contribution is 0.0526. The molecule has 2 amide bonds. The summed E-state index contributed by atoms with van der Waals surface area (Å²) < 4.78 is 18.4. The third-order valence-corrected chi connectivity index (χ3v) is 5.20. The van der Waals surface area contributed by atoms with Gasteiger partial charge in [-0.2, -0.15) is 0 Å². The van der Waals surface area contributed by atoms with E-state index in [2.05, 4.69) is 22.5 Å². The fourth-order valence-electron chi connectivity index (χ4n) is 3.50. The molecule has 0 aliphatic rings. The molecule has 3 N–H and O–H groups in total. The molecule has 0 spiro atoms. The van der Waals surface area contributed by atoms with Crippen LogP contribution < -0.4 is 10.6 Å². The Labute approximate surface area is 193 Å².